The molecule has 0 atom stereocenters. The van der Waals surface area contributed by atoms with Crippen LogP contribution in [0.5, 0.6) is 5.88 Å². The van der Waals surface area contributed by atoms with Crippen molar-refractivity contribution in [2.75, 3.05) is 6.54 Å². The fourth-order valence-corrected chi connectivity index (χ4v) is 2.48. The summed E-state index contributed by atoms with van der Waals surface area (Å²) in [6.07, 6.45) is 0. The second-order valence-electron chi connectivity index (χ2n) is 5.04. The van der Waals surface area contributed by atoms with Crippen LogP contribution in [0.1, 0.15) is 42.8 Å². The van der Waals surface area contributed by atoms with Crippen LogP contribution in [-0.4, -0.2) is 11.5 Å². The van der Waals surface area contributed by atoms with Crippen molar-refractivity contribution in [1.82, 2.24) is 10.3 Å². The average Bonchev–Trinajstić information content (AvgIpc) is 2.96. The van der Waals surface area contributed by atoms with Crippen LogP contribution >= 0.6 is 11.3 Å². The van der Waals surface area contributed by atoms with Gasteiger partial charge in [0.2, 0.25) is 5.88 Å². The Morgan fingerprint density at radius 1 is 1.35 bits per heavy atom. The molecule has 0 aliphatic rings. The molecule has 2 aromatic heterocycles. The zero-order chi connectivity index (χ0) is 14.4. The molecule has 20 heavy (non-hydrogen) atoms. The largest absolute Gasteiger partial charge is 0.472 e. The lowest BCUT2D eigenvalue weighted by atomic mass is 10.1. The van der Waals surface area contributed by atoms with Gasteiger partial charge >= 0.3 is 0 Å². The highest BCUT2D eigenvalue weighted by molar-refractivity contribution is 7.09. The Bertz CT molecular complexity index is 523. The normalized spacial score (nSPS) is 11.0. The summed E-state index contributed by atoms with van der Waals surface area (Å²) in [4.78, 5) is 5.81. The quantitative estimate of drug-likeness (QED) is 0.838. The van der Waals surface area contributed by atoms with Gasteiger partial charge in [-0.2, -0.15) is 0 Å². The van der Waals surface area contributed by atoms with E-state index >= 15 is 0 Å². The van der Waals surface area contributed by atoms with Gasteiger partial charge in [0.05, 0.1) is 0 Å². The van der Waals surface area contributed by atoms with Crippen molar-refractivity contribution < 1.29 is 4.74 Å². The third kappa shape index (κ3) is 4.32. The van der Waals surface area contributed by atoms with E-state index in [0.29, 0.717) is 12.5 Å². The molecule has 0 fully saturated rings. The van der Waals surface area contributed by atoms with Crippen molar-refractivity contribution in [2.45, 2.75) is 39.8 Å². The van der Waals surface area contributed by atoms with E-state index in [1.807, 2.05) is 12.1 Å². The van der Waals surface area contributed by atoms with Crippen LogP contribution in [0.25, 0.3) is 0 Å². The minimum absolute atomic E-state index is 0.403. The Morgan fingerprint density at radius 3 is 2.85 bits per heavy atom. The fourth-order valence-electron chi connectivity index (χ4n) is 1.86. The van der Waals surface area contributed by atoms with E-state index in [4.69, 9.17) is 4.74 Å². The predicted octanol–water partition coefficient (Wildman–Crippen LogP) is 3.96. The molecule has 2 heterocycles. The second kappa shape index (κ2) is 7.41. The number of pyridine rings is 1. The summed E-state index contributed by atoms with van der Waals surface area (Å²) in [5.74, 6) is 1.12. The molecule has 0 amide bonds. The SMILES string of the molecule is CCNCc1cc(OCc2cccs2)nc(C(C)C)c1. The zero-order valence-corrected chi connectivity index (χ0v) is 13.2. The summed E-state index contributed by atoms with van der Waals surface area (Å²) in [6.45, 7) is 8.83. The lowest BCUT2D eigenvalue weighted by Gasteiger charge is -2.12. The predicted molar refractivity (Wildman–Crippen MR) is 84.4 cm³/mol. The van der Waals surface area contributed by atoms with Crippen LogP contribution < -0.4 is 10.1 Å². The van der Waals surface area contributed by atoms with Crippen molar-refractivity contribution in [3.05, 3.63) is 45.8 Å². The highest BCUT2D eigenvalue weighted by Crippen LogP contribution is 2.20. The van der Waals surface area contributed by atoms with Crippen LogP contribution in [-0.2, 0) is 13.2 Å². The maximum Gasteiger partial charge on any atom is 0.214 e. The van der Waals surface area contributed by atoms with E-state index in [0.717, 1.165) is 24.7 Å². The van der Waals surface area contributed by atoms with Crippen LogP contribution in [0.2, 0.25) is 0 Å². The molecule has 1 N–H and O–H groups in total. The van der Waals surface area contributed by atoms with Gasteiger partial charge in [-0.1, -0.05) is 26.8 Å². The van der Waals surface area contributed by atoms with Crippen molar-refractivity contribution in [3.63, 3.8) is 0 Å². The third-order valence-corrected chi connectivity index (χ3v) is 3.84. The molecule has 2 aromatic rings. The summed E-state index contributed by atoms with van der Waals surface area (Å²) >= 11 is 1.71. The van der Waals surface area contributed by atoms with Gasteiger partial charge in [-0.25, -0.2) is 4.98 Å². The van der Waals surface area contributed by atoms with Gasteiger partial charge in [-0.15, -0.1) is 11.3 Å². The lowest BCUT2D eigenvalue weighted by Crippen LogP contribution is -2.12. The zero-order valence-electron chi connectivity index (χ0n) is 12.3. The Balaban J connectivity index is 2.11. The monoisotopic (exact) mass is 290 g/mol. The summed E-state index contributed by atoms with van der Waals surface area (Å²) in [6, 6.07) is 8.31. The Kier molecular flexibility index (Phi) is 5.56. The molecular weight excluding hydrogens is 268 g/mol. The molecule has 0 saturated carbocycles. The van der Waals surface area contributed by atoms with Crippen LogP contribution in [0.15, 0.2) is 29.6 Å². The summed E-state index contributed by atoms with van der Waals surface area (Å²) in [7, 11) is 0. The number of nitrogens with zero attached hydrogens (tertiary/aromatic N) is 1. The molecular formula is C16H22N2OS. The number of ether oxygens (including phenoxy) is 1. The molecule has 0 unspecified atom stereocenters. The topological polar surface area (TPSA) is 34.1 Å². The van der Waals surface area contributed by atoms with Gasteiger partial charge in [0.1, 0.15) is 6.61 Å². The second-order valence-corrected chi connectivity index (χ2v) is 6.07. The first-order valence-electron chi connectivity index (χ1n) is 7.05. The Morgan fingerprint density at radius 2 is 2.20 bits per heavy atom. The van der Waals surface area contributed by atoms with Crippen LogP contribution in [0.4, 0.5) is 0 Å². The maximum absolute atomic E-state index is 5.83. The van der Waals surface area contributed by atoms with Gasteiger partial charge < -0.3 is 10.1 Å². The van der Waals surface area contributed by atoms with E-state index in [1.54, 1.807) is 11.3 Å². The maximum atomic E-state index is 5.83. The average molecular weight is 290 g/mol. The standard InChI is InChI=1S/C16H22N2OS/c1-4-17-10-13-8-15(12(2)3)18-16(9-13)19-11-14-6-5-7-20-14/h5-9,12,17H,4,10-11H2,1-3H3. The van der Waals surface area contributed by atoms with Crippen molar-refractivity contribution in [3.8, 4) is 5.88 Å². The molecule has 0 aliphatic heterocycles. The molecule has 3 nitrogen and oxygen atoms in total. The smallest absolute Gasteiger partial charge is 0.214 e. The fraction of sp³-hybridized carbons (Fsp3) is 0.438. The minimum Gasteiger partial charge on any atom is -0.472 e. The van der Waals surface area contributed by atoms with E-state index in [1.165, 1.54) is 10.4 Å². The third-order valence-electron chi connectivity index (χ3n) is 2.99. The molecule has 2 rings (SSSR count). The first-order valence-corrected chi connectivity index (χ1v) is 7.93. The van der Waals surface area contributed by atoms with E-state index in [-0.39, 0.29) is 0 Å². The van der Waals surface area contributed by atoms with Crippen LogP contribution in [0, 0.1) is 0 Å². The van der Waals surface area contributed by atoms with Gasteiger partial charge in [0.15, 0.2) is 0 Å². The summed E-state index contributed by atoms with van der Waals surface area (Å²) < 4.78 is 5.83. The van der Waals surface area contributed by atoms with Gasteiger partial charge in [0, 0.05) is 23.2 Å². The molecule has 0 aromatic carbocycles. The van der Waals surface area contributed by atoms with Gasteiger partial charge in [0.25, 0.3) is 0 Å². The van der Waals surface area contributed by atoms with Gasteiger partial charge in [-0.05, 0) is 35.5 Å². The van der Waals surface area contributed by atoms with Gasteiger partial charge in [-0.3, -0.25) is 0 Å². The Labute approximate surface area is 125 Å². The first-order chi connectivity index (χ1) is 9.69. The Hall–Kier alpha value is -1.39. The van der Waals surface area contributed by atoms with E-state index in [9.17, 15) is 0 Å². The molecule has 0 radical (unpaired) electrons. The minimum atomic E-state index is 0.403. The van der Waals surface area contributed by atoms with E-state index in [2.05, 4.69) is 48.6 Å². The molecule has 0 saturated heterocycles. The van der Waals surface area contributed by atoms with Crippen molar-refractivity contribution in [2.24, 2.45) is 0 Å². The number of thiophene rings is 1. The first kappa shape index (κ1) is 15.0. The number of rotatable bonds is 7. The van der Waals surface area contributed by atoms with Crippen molar-refractivity contribution >= 4 is 11.3 Å². The molecule has 4 heteroatoms. The van der Waals surface area contributed by atoms with Crippen LogP contribution in [0.3, 0.4) is 0 Å². The van der Waals surface area contributed by atoms with Crippen molar-refractivity contribution in [1.29, 1.82) is 0 Å². The summed E-state index contributed by atoms with van der Waals surface area (Å²) in [5.41, 5.74) is 2.31. The van der Waals surface area contributed by atoms with E-state index < -0.39 is 0 Å². The number of hydrogen-bond donors (Lipinski definition) is 1. The highest BCUT2D eigenvalue weighted by Gasteiger charge is 2.07. The lowest BCUT2D eigenvalue weighted by molar-refractivity contribution is 0.295. The molecule has 0 spiro atoms. The number of nitrogens with one attached hydrogen (secondary N) is 1. The molecule has 108 valence electrons. The highest BCUT2D eigenvalue weighted by atomic mass is 32.1. The number of aromatic nitrogens is 1. The molecule has 0 aliphatic carbocycles. The summed E-state index contributed by atoms with van der Waals surface area (Å²) in [5, 5.41) is 5.41. The number of hydrogen-bond acceptors (Lipinski definition) is 4. The molecule has 0 bridgehead atoms.